The first-order valence-corrected chi connectivity index (χ1v) is 6.13. The second-order valence-corrected chi connectivity index (χ2v) is 5.02. The SMILES string of the molecule is CN(C(=O)c1ccc([N+](=O)[O-])s1)C1CCNC1. The number of carbonyl (C=O) groups excluding carboxylic acids is 1. The van der Waals surface area contributed by atoms with Gasteiger partial charge in [-0.25, -0.2) is 0 Å². The third-order valence-corrected chi connectivity index (χ3v) is 3.91. The molecule has 2 heterocycles. The Hall–Kier alpha value is -1.47. The van der Waals surface area contributed by atoms with E-state index in [1.165, 1.54) is 12.1 Å². The van der Waals surface area contributed by atoms with E-state index in [0.29, 0.717) is 4.88 Å². The van der Waals surface area contributed by atoms with Gasteiger partial charge < -0.3 is 10.2 Å². The Bertz CT molecular complexity index is 440. The highest BCUT2D eigenvalue weighted by Crippen LogP contribution is 2.25. The summed E-state index contributed by atoms with van der Waals surface area (Å²) < 4.78 is 0. The van der Waals surface area contributed by atoms with Crippen LogP contribution in [0.4, 0.5) is 5.00 Å². The summed E-state index contributed by atoms with van der Waals surface area (Å²) in [6.45, 7) is 1.70. The second kappa shape index (κ2) is 4.80. The number of hydrogen-bond donors (Lipinski definition) is 1. The van der Waals surface area contributed by atoms with Gasteiger partial charge in [-0.2, -0.15) is 0 Å². The fraction of sp³-hybridized carbons (Fsp3) is 0.500. The van der Waals surface area contributed by atoms with Crippen molar-refractivity contribution in [1.82, 2.24) is 10.2 Å². The maximum atomic E-state index is 12.1. The third-order valence-electron chi connectivity index (χ3n) is 2.88. The minimum atomic E-state index is -0.474. The standard InChI is InChI=1S/C10H13N3O3S/c1-12(7-4-5-11-6-7)10(14)8-2-3-9(17-8)13(15)16/h2-3,7,11H,4-6H2,1H3. The lowest BCUT2D eigenvalue weighted by molar-refractivity contribution is -0.380. The van der Waals surface area contributed by atoms with Gasteiger partial charge in [0.1, 0.15) is 0 Å². The molecule has 0 radical (unpaired) electrons. The van der Waals surface area contributed by atoms with Crippen molar-refractivity contribution in [1.29, 1.82) is 0 Å². The van der Waals surface area contributed by atoms with Crippen molar-refractivity contribution in [3.05, 3.63) is 27.1 Å². The minimum absolute atomic E-state index is 0.00583. The molecule has 1 aromatic heterocycles. The lowest BCUT2D eigenvalue weighted by Gasteiger charge is -2.22. The van der Waals surface area contributed by atoms with Crippen LogP contribution >= 0.6 is 11.3 Å². The van der Waals surface area contributed by atoms with E-state index in [1.807, 2.05) is 0 Å². The first-order chi connectivity index (χ1) is 8.09. The van der Waals surface area contributed by atoms with Gasteiger partial charge in [-0.05, 0) is 19.0 Å². The van der Waals surface area contributed by atoms with Crippen LogP contribution in [0.25, 0.3) is 0 Å². The van der Waals surface area contributed by atoms with E-state index in [0.717, 1.165) is 30.8 Å². The Morgan fingerprint density at radius 2 is 2.41 bits per heavy atom. The zero-order chi connectivity index (χ0) is 12.4. The van der Waals surface area contributed by atoms with Crippen LogP contribution in [0, 0.1) is 10.1 Å². The molecule has 6 nitrogen and oxygen atoms in total. The topological polar surface area (TPSA) is 75.5 Å². The summed E-state index contributed by atoms with van der Waals surface area (Å²) in [6.07, 6.45) is 0.926. The van der Waals surface area contributed by atoms with E-state index in [2.05, 4.69) is 5.32 Å². The van der Waals surface area contributed by atoms with Crippen LogP contribution in [0.2, 0.25) is 0 Å². The number of nitrogens with one attached hydrogen (secondary N) is 1. The molecule has 1 unspecified atom stereocenters. The van der Waals surface area contributed by atoms with E-state index in [-0.39, 0.29) is 17.0 Å². The normalized spacial score (nSPS) is 19.2. The lowest BCUT2D eigenvalue weighted by Crippen LogP contribution is -2.37. The van der Waals surface area contributed by atoms with Crippen LogP contribution in [0.3, 0.4) is 0 Å². The highest BCUT2D eigenvalue weighted by molar-refractivity contribution is 7.17. The Morgan fingerprint density at radius 3 is 2.94 bits per heavy atom. The van der Waals surface area contributed by atoms with Gasteiger partial charge in [-0.3, -0.25) is 14.9 Å². The summed E-state index contributed by atoms with van der Waals surface area (Å²) >= 11 is 0.926. The van der Waals surface area contributed by atoms with Gasteiger partial charge >= 0.3 is 5.00 Å². The van der Waals surface area contributed by atoms with Gasteiger partial charge in [0.25, 0.3) is 5.91 Å². The van der Waals surface area contributed by atoms with Crippen LogP contribution in [0.1, 0.15) is 16.1 Å². The maximum absolute atomic E-state index is 12.1. The minimum Gasteiger partial charge on any atom is -0.337 e. The predicted molar refractivity (Wildman–Crippen MR) is 64.3 cm³/mol. The molecule has 1 aliphatic rings. The monoisotopic (exact) mass is 255 g/mol. The van der Waals surface area contributed by atoms with Gasteiger partial charge in [0.2, 0.25) is 0 Å². The molecule has 1 aromatic rings. The van der Waals surface area contributed by atoms with Crippen molar-refractivity contribution >= 4 is 22.2 Å². The van der Waals surface area contributed by atoms with E-state index >= 15 is 0 Å². The van der Waals surface area contributed by atoms with Crippen molar-refractivity contribution in [3.8, 4) is 0 Å². The summed E-state index contributed by atoms with van der Waals surface area (Å²) in [6, 6.07) is 3.08. The fourth-order valence-electron chi connectivity index (χ4n) is 1.85. The van der Waals surface area contributed by atoms with Crippen molar-refractivity contribution in [3.63, 3.8) is 0 Å². The number of amides is 1. The predicted octanol–water partition coefficient (Wildman–Crippen LogP) is 1.09. The molecule has 1 N–H and O–H groups in total. The van der Waals surface area contributed by atoms with Crippen molar-refractivity contribution in [2.75, 3.05) is 20.1 Å². The van der Waals surface area contributed by atoms with Gasteiger partial charge in [0.05, 0.1) is 9.80 Å². The van der Waals surface area contributed by atoms with E-state index < -0.39 is 4.92 Å². The quantitative estimate of drug-likeness (QED) is 0.648. The molecule has 7 heteroatoms. The largest absolute Gasteiger partial charge is 0.337 e. The summed E-state index contributed by atoms with van der Waals surface area (Å²) in [5.74, 6) is -0.142. The van der Waals surface area contributed by atoms with Gasteiger partial charge in [0.15, 0.2) is 0 Å². The Morgan fingerprint density at radius 1 is 1.65 bits per heavy atom. The van der Waals surface area contributed by atoms with Gasteiger partial charge in [-0.15, -0.1) is 0 Å². The molecule has 0 saturated carbocycles. The maximum Gasteiger partial charge on any atom is 0.324 e. The van der Waals surface area contributed by atoms with Crippen molar-refractivity contribution in [2.24, 2.45) is 0 Å². The van der Waals surface area contributed by atoms with Crippen LogP contribution in [-0.4, -0.2) is 41.9 Å². The van der Waals surface area contributed by atoms with Crippen LogP contribution < -0.4 is 5.32 Å². The molecule has 1 saturated heterocycles. The summed E-state index contributed by atoms with van der Waals surface area (Å²) in [5.41, 5.74) is 0. The van der Waals surface area contributed by atoms with Crippen molar-refractivity contribution in [2.45, 2.75) is 12.5 Å². The first kappa shape index (κ1) is 12.0. The summed E-state index contributed by atoms with van der Waals surface area (Å²) in [7, 11) is 1.74. The summed E-state index contributed by atoms with van der Waals surface area (Å²) in [4.78, 5) is 24.2. The molecular weight excluding hydrogens is 242 g/mol. The molecule has 0 spiro atoms. The van der Waals surface area contributed by atoms with E-state index in [1.54, 1.807) is 11.9 Å². The third kappa shape index (κ3) is 2.45. The number of hydrogen-bond acceptors (Lipinski definition) is 5. The molecule has 0 aliphatic carbocycles. The Labute approximate surface area is 102 Å². The molecule has 0 aromatic carbocycles. The molecule has 1 aliphatic heterocycles. The second-order valence-electron chi connectivity index (χ2n) is 3.96. The fourth-order valence-corrected chi connectivity index (χ4v) is 2.65. The number of likely N-dealkylation sites (N-methyl/N-ethyl adjacent to an activating group) is 1. The van der Waals surface area contributed by atoms with Crippen molar-refractivity contribution < 1.29 is 9.72 Å². The zero-order valence-electron chi connectivity index (χ0n) is 9.38. The summed E-state index contributed by atoms with van der Waals surface area (Å²) in [5, 5.41) is 13.7. The number of rotatable bonds is 3. The lowest BCUT2D eigenvalue weighted by atomic mass is 10.2. The number of nitro groups is 1. The van der Waals surface area contributed by atoms with Crippen LogP contribution in [0.5, 0.6) is 0 Å². The average molecular weight is 255 g/mol. The number of nitrogens with zero attached hydrogens (tertiary/aromatic N) is 2. The Balaban J connectivity index is 2.09. The molecule has 0 bridgehead atoms. The number of carbonyl (C=O) groups is 1. The molecule has 17 heavy (non-hydrogen) atoms. The average Bonchev–Trinajstić information content (AvgIpc) is 2.97. The first-order valence-electron chi connectivity index (χ1n) is 5.31. The van der Waals surface area contributed by atoms with Gasteiger partial charge in [-0.1, -0.05) is 11.3 Å². The van der Waals surface area contributed by atoms with Gasteiger partial charge in [0, 0.05) is 25.7 Å². The molecule has 1 atom stereocenters. The highest BCUT2D eigenvalue weighted by atomic mass is 32.1. The van der Waals surface area contributed by atoms with E-state index in [4.69, 9.17) is 0 Å². The molecular formula is C10H13N3O3S. The zero-order valence-corrected chi connectivity index (χ0v) is 10.2. The highest BCUT2D eigenvalue weighted by Gasteiger charge is 2.26. The molecule has 1 amide bonds. The molecule has 2 rings (SSSR count). The Kier molecular flexibility index (Phi) is 3.39. The van der Waals surface area contributed by atoms with E-state index in [9.17, 15) is 14.9 Å². The van der Waals surface area contributed by atoms with Crippen LogP contribution in [0.15, 0.2) is 12.1 Å². The molecule has 92 valence electrons. The van der Waals surface area contributed by atoms with Crippen LogP contribution in [-0.2, 0) is 0 Å². The number of thiophene rings is 1. The smallest absolute Gasteiger partial charge is 0.324 e. The molecule has 1 fully saturated rings.